The molecule has 112 valence electrons. The fourth-order valence-corrected chi connectivity index (χ4v) is 2.19. The smallest absolute Gasteiger partial charge is 0.416 e. The molecule has 0 bridgehead atoms. The van der Waals surface area contributed by atoms with Gasteiger partial charge in [-0.2, -0.15) is 13.2 Å². The maximum atomic E-state index is 12.7. The first kappa shape index (κ1) is 15.6. The highest BCUT2D eigenvalue weighted by Crippen LogP contribution is 2.34. The van der Waals surface area contributed by atoms with E-state index in [0.717, 1.165) is 12.1 Å². The molecule has 1 aromatic heterocycles. The van der Waals surface area contributed by atoms with Crippen molar-refractivity contribution in [3.8, 4) is 0 Å². The Bertz CT molecular complexity index is 692. The number of benzene rings is 1. The average molecular weight is 362 g/mol. The molecule has 2 rings (SSSR count). The molecule has 1 aromatic carbocycles. The van der Waals surface area contributed by atoms with Gasteiger partial charge in [0.1, 0.15) is 11.5 Å². The van der Waals surface area contributed by atoms with E-state index in [4.69, 9.17) is 4.42 Å². The van der Waals surface area contributed by atoms with E-state index in [1.807, 2.05) is 0 Å². The second-order valence-electron chi connectivity index (χ2n) is 4.47. The van der Waals surface area contributed by atoms with Gasteiger partial charge in [0.25, 0.3) is 5.91 Å². The van der Waals surface area contributed by atoms with Gasteiger partial charge in [0.2, 0.25) is 0 Å². The van der Waals surface area contributed by atoms with Crippen LogP contribution in [0.5, 0.6) is 0 Å². The van der Waals surface area contributed by atoms with Crippen molar-refractivity contribution in [1.29, 1.82) is 0 Å². The molecule has 7 heteroatoms. The van der Waals surface area contributed by atoms with Crippen molar-refractivity contribution in [2.75, 3.05) is 5.32 Å². The lowest BCUT2D eigenvalue weighted by atomic mass is 10.1. The fraction of sp³-hybridized carbons (Fsp3) is 0.214. The highest BCUT2D eigenvalue weighted by Gasteiger charge is 2.31. The van der Waals surface area contributed by atoms with Crippen LogP contribution in [-0.2, 0) is 6.18 Å². The zero-order valence-corrected chi connectivity index (χ0v) is 12.7. The summed E-state index contributed by atoms with van der Waals surface area (Å²) in [5, 5.41) is 2.45. The van der Waals surface area contributed by atoms with E-state index < -0.39 is 17.6 Å². The van der Waals surface area contributed by atoms with Crippen LogP contribution in [0.3, 0.4) is 0 Å². The summed E-state index contributed by atoms with van der Waals surface area (Å²) in [5.41, 5.74) is -0.494. The summed E-state index contributed by atoms with van der Waals surface area (Å²) in [7, 11) is 0. The van der Waals surface area contributed by atoms with Crippen molar-refractivity contribution in [2.45, 2.75) is 20.0 Å². The van der Waals surface area contributed by atoms with Crippen LogP contribution in [0.2, 0.25) is 0 Å². The number of alkyl halides is 3. The quantitative estimate of drug-likeness (QED) is 0.823. The Balaban J connectivity index is 2.31. The van der Waals surface area contributed by atoms with Gasteiger partial charge in [-0.3, -0.25) is 4.79 Å². The predicted octanol–water partition coefficient (Wildman–Crippen LogP) is 4.93. The van der Waals surface area contributed by atoms with Gasteiger partial charge >= 0.3 is 6.18 Å². The van der Waals surface area contributed by atoms with Crippen molar-refractivity contribution in [2.24, 2.45) is 0 Å². The number of anilines is 1. The number of halogens is 4. The van der Waals surface area contributed by atoms with Crippen molar-refractivity contribution in [3.63, 3.8) is 0 Å². The molecule has 0 radical (unpaired) electrons. The normalized spacial score (nSPS) is 11.5. The minimum Gasteiger partial charge on any atom is -0.466 e. The summed E-state index contributed by atoms with van der Waals surface area (Å²) in [6.07, 6.45) is -4.47. The molecule has 3 nitrogen and oxygen atoms in total. The van der Waals surface area contributed by atoms with E-state index >= 15 is 0 Å². The first-order valence-corrected chi connectivity index (χ1v) is 6.73. The zero-order valence-electron chi connectivity index (χ0n) is 11.1. The molecular weight excluding hydrogens is 351 g/mol. The van der Waals surface area contributed by atoms with E-state index in [0.29, 0.717) is 16.0 Å². The molecule has 0 unspecified atom stereocenters. The molecule has 1 amide bonds. The van der Waals surface area contributed by atoms with E-state index in [1.165, 1.54) is 12.1 Å². The molecular formula is C14H11BrF3NO2. The van der Waals surface area contributed by atoms with Gasteiger partial charge in [-0.1, -0.05) is 0 Å². The molecule has 0 spiro atoms. The molecule has 21 heavy (non-hydrogen) atoms. The van der Waals surface area contributed by atoms with Crippen LogP contribution < -0.4 is 5.32 Å². The Kier molecular flexibility index (Phi) is 4.13. The monoisotopic (exact) mass is 361 g/mol. The third kappa shape index (κ3) is 3.47. The number of carbonyl (C=O) groups is 1. The SMILES string of the molecule is Cc1cc(C(=O)Nc2cc(C(F)(F)F)ccc2Br)c(C)o1. The van der Waals surface area contributed by atoms with Crippen LogP contribution in [0.4, 0.5) is 18.9 Å². The first-order valence-electron chi connectivity index (χ1n) is 5.93. The summed E-state index contributed by atoms with van der Waals surface area (Å²) in [6, 6.07) is 4.59. The molecule has 1 N–H and O–H groups in total. The van der Waals surface area contributed by atoms with Crippen molar-refractivity contribution >= 4 is 27.5 Å². The van der Waals surface area contributed by atoms with Crippen molar-refractivity contribution in [1.82, 2.24) is 0 Å². The third-order valence-corrected chi connectivity index (χ3v) is 3.52. The second kappa shape index (κ2) is 5.55. The molecule has 0 aliphatic rings. The van der Waals surface area contributed by atoms with Gasteiger partial charge in [0.15, 0.2) is 0 Å². The maximum absolute atomic E-state index is 12.7. The summed E-state index contributed by atoms with van der Waals surface area (Å²) in [6.45, 7) is 3.30. The van der Waals surface area contributed by atoms with E-state index in [2.05, 4.69) is 21.2 Å². The number of hydrogen-bond acceptors (Lipinski definition) is 2. The lowest BCUT2D eigenvalue weighted by molar-refractivity contribution is -0.137. The molecule has 0 saturated heterocycles. The van der Waals surface area contributed by atoms with Gasteiger partial charge < -0.3 is 9.73 Å². The van der Waals surface area contributed by atoms with Gasteiger partial charge in [0, 0.05) is 4.47 Å². The van der Waals surface area contributed by atoms with E-state index in [1.54, 1.807) is 13.8 Å². The largest absolute Gasteiger partial charge is 0.466 e. The summed E-state index contributed by atoms with van der Waals surface area (Å²) in [4.78, 5) is 12.1. The molecule has 0 aliphatic carbocycles. The van der Waals surface area contributed by atoms with Crippen molar-refractivity contribution in [3.05, 3.63) is 51.4 Å². The minimum atomic E-state index is -4.47. The Morgan fingerprint density at radius 2 is 1.90 bits per heavy atom. The molecule has 1 heterocycles. The highest BCUT2D eigenvalue weighted by molar-refractivity contribution is 9.10. The second-order valence-corrected chi connectivity index (χ2v) is 5.33. The lowest BCUT2D eigenvalue weighted by Gasteiger charge is -2.11. The lowest BCUT2D eigenvalue weighted by Crippen LogP contribution is -2.14. The van der Waals surface area contributed by atoms with E-state index in [-0.39, 0.29) is 11.3 Å². The van der Waals surface area contributed by atoms with Crippen LogP contribution in [-0.4, -0.2) is 5.91 Å². The number of nitrogens with one attached hydrogen (secondary N) is 1. The maximum Gasteiger partial charge on any atom is 0.416 e. The Morgan fingerprint density at radius 3 is 2.43 bits per heavy atom. The standard InChI is InChI=1S/C14H11BrF3NO2/c1-7-5-10(8(2)21-7)13(20)19-12-6-9(14(16,17)18)3-4-11(12)15/h3-6H,1-2H3,(H,19,20). The fourth-order valence-electron chi connectivity index (χ4n) is 1.84. The first-order chi connectivity index (χ1) is 9.68. The minimum absolute atomic E-state index is 0.0491. The highest BCUT2D eigenvalue weighted by atomic mass is 79.9. The molecule has 2 aromatic rings. The van der Waals surface area contributed by atoms with Crippen LogP contribution in [0.25, 0.3) is 0 Å². The van der Waals surface area contributed by atoms with Crippen molar-refractivity contribution < 1.29 is 22.4 Å². The number of amides is 1. The number of carbonyl (C=O) groups excluding carboxylic acids is 1. The number of hydrogen-bond donors (Lipinski definition) is 1. The summed E-state index contributed by atoms with van der Waals surface area (Å²) < 4.78 is 43.6. The Morgan fingerprint density at radius 1 is 1.24 bits per heavy atom. The summed E-state index contributed by atoms with van der Waals surface area (Å²) >= 11 is 3.12. The molecule has 0 atom stereocenters. The topological polar surface area (TPSA) is 42.2 Å². The molecule has 0 aliphatic heterocycles. The predicted molar refractivity (Wildman–Crippen MR) is 75.3 cm³/mol. The molecule has 0 fully saturated rings. The third-order valence-electron chi connectivity index (χ3n) is 2.83. The number of aryl methyl sites for hydroxylation is 2. The summed E-state index contributed by atoms with van der Waals surface area (Å²) in [5.74, 6) is 0.443. The van der Waals surface area contributed by atoms with Gasteiger partial charge in [-0.05, 0) is 54.0 Å². The zero-order chi connectivity index (χ0) is 15.8. The van der Waals surface area contributed by atoms with Gasteiger partial charge in [-0.15, -0.1) is 0 Å². The van der Waals surface area contributed by atoms with E-state index in [9.17, 15) is 18.0 Å². The Hall–Kier alpha value is -1.76. The average Bonchev–Trinajstić information content (AvgIpc) is 2.70. The van der Waals surface area contributed by atoms with Crippen LogP contribution in [0, 0.1) is 13.8 Å². The van der Waals surface area contributed by atoms with Crippen LogP contribution >= 0.6 is 15.9 Å². The van der Waals surface area contributed by atoms with Crippen LogP contribution in [0.15, 0.2) is 33.2 Å². The Labute approximate surface area is 127 Å². The molecule has 0 saturated carbocycles. The number of rotatable bonds is 2. The van der Waals surface area contributed by atoms with Gasteiger partial charge in [0.05, 0.1) is 16.8 Å². The number of furan rings is 1. The van der Waals surface area contributed by atoms with Gasteiger partial charge in [-0.25, -0.2) is 0 Å². The van der Waals surface area contributed by atoms with Crippen LogP contribution in [0.1, 0.15) is 27.4 Å².